The molecule has 1 aromatic carbocycles. The molecule has 0 spiro atoms. The number of benzene rings is 1. The minimum absolute atomic E-state index is 0.170. The molecular weight excluding hydrogens is 383 g/mol. The summed E-state index contributed by atoms with van der Waals surface area (Å²) in [7, 11) is 0. The number of halogens is 3. The zero-order valence-corrected chi connectivity index (χ0v) is 14.9. The zero-order chi connectivity index (χ0) is 19.4. The first-order valence-electron chi connectivity index (χ1n) is 7.84. The van der Waals surface area contributed by atoms with Crippen LogP contribution in [0.5, 0.6) is 11.6 Å². The number of carbonyl (C=O) groups is 1. The van der Waals surface area contributed by atoms with Gasteiger partial charge in [-0.3, -0.25) is 10.1 Å². The van der Waals surface area contributed by atoms with Gasteiger partial charge in [-0.05, 0) is 31.2 Å². The highest BCUT2D eigenvalue weighted by Gasteiger charge is 2.28. The van der Waals surface area contributed by atoms with E-state index in [-0.39, 0.29) is 11.4 Å². The number of nitrogens with one attached hydrogen (secondary N) is 1. The molecule has 0 aliphatic heterocycles. The highest BCUT2D eigenvalue weighted by Crippen LogP contribution is 2.29. The van der Waals surface area contributed by atoms with E-state index < -0.39 is 18.7 Å². The number of hydrogen-bond acceptors (Lipinski definition) is 6. The maximum Gasteiger partial charge on any atom is 0.422 e. The van der Waals surface area contributed by atoms with E-state index in [0.717, 1.165) is 10.9 Å². The van der Waals surface area contributed by atoms with Gasteiger partial charge in [0.1, 0.15) is 5.75 Å². The van der Waals surface area contributed by atoms with Gasteiger partial charge in [-0.2, -0.15) is 13.2 Å². The molecule has 3 rings (SSSR count). The Hall–Kier alpha value is -2.88. The number of fused-ring (bicyclic) bond motifs is 1. The van der Waals surface area contributed by atoms with Crippen molar-refractivity contribution < 1.29 is 27.4 Å². The molecule has 0 saturated heterocycles. The van der Waals surface area contributed by atoms with Crippen LogP contribution < -0.4 is 14.8 Å². The molecule has 2 aromatic heterocycles. The van der Waals surface area contributed by atoms with E-state index in [1.54, 1.807) is 12.1 Å². The minimum Gasteiger partial charge on any atom is -0.494 e. The first-order valence-corrected chi connectivity index (χ1v) is 8.66. The number of alkyl halides is 3. The van der Waals surface area contributed by atoms with Gasteiger partial charge in [0.2, 0.25) is 5.88 Å². The fraction of sp³-hybridized carbons (Fsp3) is 0.235. The lowest BCUT2D eigenvalue weighted by atomic mass is 10.3. The predicted molar refractivity (Wildman–Crippen MR) is 94.5 cm³/mol. The monoisotopic (exact) mass is 397 g/mol. The van der Waals surface area contributed by atoms with E-state index >= 15 is 0 Å². The lowest BCUT2D eigenvalue weighted by Crippen LogP contribution is -2.19. The van der Waals surface area contributed by atoms with Crippen molar-refractivity contribution in [2.75, 3.05) is 18.5 Å². The Labute approximate surface area is 156 Å². The number of thiazole rings is 1. The highest BCUT2D eigenvalue weighted by molar-refractivity contribution is 7.22. The summed E-state index contributed by atoms with van der Waals surface area (Å²) in [6, 6.07) is 7.95. The SMILES string of the molecule is CCOc1ccc2nc(NC(=O)c3ccc(OCC(F)(F)F)nc3)sc2c1. The number of anilines is 1. The van der Waals surface area contributed by atoms with E-state index in [1.165, 1.54) is 23.5 Å². The number of nitrogens with zero attached hydrogens (tertiary/aromatic N) is 2. The third kappa shape index (κ3) is 5.07. The Balaban J connectivity index is 1.67. The number of aromatic nitrogens is 2. The number of carbonyl (C=O) groups excluding carboxylic acids is 1. The van der Waals surface area contributed by atoms with Gasteiger partial charge in [0, 0.05) is 12.3 Å². The summed E-state index contributed by atoms with van der Waals surface area (Å²) in [6.45, 7) is 0.987. The Bertz CT molecular complexity index is 942. The van der Waals surface area contributed by atoms with Gasteiger partial charge in [0.25, 0.3) is 5.91 Å². The molecule has 3 aromatic rings. The molecule has 142 valence electrons. The quantitative estimate of drug-likeness (QED) is 0.672. The van der Waals surface area contributed by atoms with Crippen molar-refractivity contribution in [3.05, 3.63) is 42.1 Å². The van der Waals surface area contributed by atoms with E-state index in [2.05, 4.69) is 20.0 Å². The second-order valence-corrected chi connectivity index (χ2v) is 6.36. The zero-order valence-electron chi connectivity index (χ0n) is 14.0. The van der Waals surface area contributed by atoms with Crippen LogP contribution in [0.25, 0.3) is 10.2 Å². The van der Waals surface area contributed by atoms with Crippen LogP contribution in [0.3, 0.4) is 0 Å². The average Bonchev–Trinajstić information content (AvgIpc) is 3.01. The van der Waals surface area contributed by atoms with Crippen molar-refractivity contribution in [2.45, 2.75) is 13.1 Å². The summed E-state index contributed by atoms with van der Waals surface area (Å²) in [5, 5.41) is 3.03. The molecule has 0 unspecified atom stereocenters. The maximum atomic E-state index is 12.3. The smallest absolute Gasteiger partial charge is 0.422 e. The number of rotatable bonds is 6. The molecule has 27 heavy (non-hydrogen) atoms. The van der Waals surface area contributed by atoms with Crippen LogP contribution in [0, 0.1) is 0 Å². The summed E-state index contributed by atoms with van der Waals surface area (Å²) in [4.78, 5) is 20.3. The van der Waals surface area contributed by atoms with Gasteiger partial charge in [0.15, 0.2) is 11.7 Å². The van der Waals surface area contributed by atoms with E-state index in [9.17, 15) is 18.0 Å². The van der Waals surface area contributed by atoms with E-state index in [4.69, 9.17) is 4.74 Å². The topological polar surface area (TPSA) is 73.3 Å². The molecule has 2 heterocycles. The molecule has 0 radical (unpaired) electrons. The first-order chi connectivity index (χ1) is 12.8. The lowest BCUT2D eigenvalue weighted by Gasteiger charge is -2.08. The summed E-state index contributed by atoms with van der Waals surface area (Å²) in [5.74, 6) is 0.0199. The second-order valence-electron chi connectivity index (χ2n) is 5.32. The van der Waals surface area contributed by atoms with Gasteiger partial charge >= 0.3 is 6.18 Å². The Morgan fingerprint density at radius 2 is 2.04 bits per heavy atom. The molecule has 0 aliphatic carbocycles. The number of ether oxygens (including phenoxy) is 2. The van der Waals surface area contributed by atoms with Crippen LogP contribution in [0.4, 0.5) is 18.3 Å². The van der Waals surface area contributed by atoms with Crippen LogP contribution in [0.2, 0.25) is 0 Å². The maximum absolute atomic E-state index is 12.3. The summed E-state index contributed by atoms with van der Waals surface area (Å²) in [6.07, 6.45) is -3.31. The average molecular weight is 397 g/mol. The van der Waals surface area contributed by atoms with Crippen molar-refractivity contribution in [2.24, 2.45) is 0 Å². The summed E-state index contributed by atoms with van der Waals surface area (Å²) in [5.41, 5.74) is 0.886. The van der Waals surface area contributed by atoms with Crippen molar-refractivity contribution in [1.29, 1.82) is 0 Å². The molecular formula is C17H14F3N3O3S. The van der Waals surface area contributed by atoms with Crippen LogP contribution in [-0.4, -0.2) is 35.3 Å². The molecule has 6 nitrogen and oxygen atoms in total. The fourth-order valence-electron chi connectivity index (χ4n) is 2.14. The van der Waals surface area contributed by atoms with Gasteiger partial charge in [0.05, 0.1) is 22.4 Å². The molecule has 1 N–H and O–H groups in total. The highest BCUT2D eigenvalue weighted by atomic mass is 32.1. The van der Waals surface area contributed by atoms with Crippen LogP contribution >= 0.6 is 11.3 Å². The van der Waals surface area contributed by atoms with Gasteiger partial charge in [-0.1, -0.05) is 11.3 Å². The summed E-state index contributed by atoms with van der Waals surface area (Å²) >= 11 is 1.28. The standard InChI is InChI=1S/C17H14F3N3O3S/c1-2-25-11-4-5-12-13(7-11)27-16(22-12)23-15(24)10-3-6-14(21-8-10)26-9-17(18,19)20/h3-8H,2,9H2,1H3,(H,22,23,24). The van der Waals surface area contributed by atoms with Gasteiger partial charge < -0.3 is 9.47 Å². The molecule has 0 atom stereocenters. The Morgan fingerprint density at radius 3 is 2.70 bits per heavy atom. The molecule has 0 fully saturated rings. The van der Waals surface area contributed by atoms with Gasteiger partial charge in [-0.25, -0.2) is 9.97 Å². The van der Waals surface area contributed by atoms with Crippen LogP contribution in [0.15, 0.2) is 36.5 Å². The lowest BCUT2D eigenvalue weighted by molar-refractivity contribution is -0.154. The normalized spacial score (nSPS) is 11.4. The Kier molecular flexibility index (Phi) is 5.45. The van der Waals surface area contributed by atoms with Crippen LogP contribution in [0.1, 0.15) is 17.3 Å². The minimum atomic E-state index is -4.45. The number of amides is 1. The molecule has 0 aliphatic rings. The largest absolute Gasteiger partial charge is 0.494 e. The molecule has 0 bridgehead atoms. The fourth-order valence-corrected chi connectivity index (χ4v) is 3.03. The van der Waals surface area contributed by atoms with Crippen molar-refractivity contribution in [3.63, 3.8) is 0 Å². The van der Waals surface area contributed by atoms with Crippen LogP contribution in [-0.2, 0) is 0 Å². The van der Waals surface area contributed by atoms with E-state index in [1.807, 2.05) is 13.0 Å². The third-order valence-electron chi connectivity index (χ3n) is 3.27. The third-order valence-corrected chi connectivity index (χ3v) is 4.21. The van der Waals surface area contributed by atoms with Crippen molar-refractivity contribution in [1.82, 2.24) is 9.97 Å². The predicted octanol–water partition coefficient (Wildman–Crippen LogP) is 4.28. The van der Waals surface area contributed by atoms with Gasteiger partial charge in [-0.15, -0.1) is 0 Å². The van der Waals surface area contributed by atoms with Crippen molar-refractivity contribution in [3.8, 4) is 11.6 Å². The number of pyridine rings is 1. The van der Waals surface area contributed by atoms with E-state index in [0.29, 0.717) is 23.0 Å². The molecule has 0 saturated carbocycles. The second kappa shape index (κ2) is 7.78. The Morgan fingerprint density at radius 1 is 1.22 bits per heavy atom. The molecule has 1 amide bonds. The van der Waals surface area contributed by atoms with Crippen molar-refractivity contribution >= 4 is 32.6 Å². The molecule has 10 heteroatoms. The first kappa shape index (κ1) is 18.9. The summed E-state index contributed by atoms with van der Waals surface area (Å²) < 4.78 is 47.1. The number of hydrogen-bond donors (Lipinski definition) is 1.